The molecule has 0 bridgehead atoms. The molecule has 25 heavy (non-hydrogen) atoms. The Bertz CT molecular complexity index is 621. The van der Waals surface area contributed by atoms with Gasteiger partial charge in [-0.1, -0.05) is 23.7 Å². The number of halogens is 1. The molecule has 1 fully saturated rings. The molecule has 8 heteroatoms. The second kappa shape index (κ2) is 9.27. The quantitative estimate of drug-likeness (QED) is 0.795. The number of piperidine rings is 1. The predicted molar refractivity (Wildman–Crippen MR) is 92.8 cm³/mol. The Labute approximate surface area is 151 Å². The molecule has 0 aromatic heterocycles. The van der Waals surface area contributed by atoms with Gasteiger partial charge >= 0.3 is 6.09 Å². The Balaban J connectivity index is 1.78. The van der Waals surface area contributed by atoms with Crippen molar-refractivity contribution in [2.45, 2.75) is 26.2 Å². The van der Waals surface area contributed by atoms with Gasteiger partial charge < -0.3 is 9.64 Å². The van der Waals surface area contributed by atoms with Crippen LogP contribution in [0.3, 0.4) is 0 Å². The largest absolute Gasteiger partial charge is 0.450 e. The standard InChI is InChI=1S/C17H22ClN3O4/c1-2-25-17(24)21-9-3-4-13(11-21)16(23)20-19-15(22)10-12-5-7-14(18)8-6-12/h5-8,13H,2-4,9-11H2,1H3,(H,19,22)(H,20,23). The minimum absolute atomic E-state index is 0.136. The van der Waals surface area contributed by atoms with Crippen molar-refractivity contribution in [3.05, 3.63) is 34.9 Å². The Morgan fingerprint density at radius 2 is 1.96 bits per heavy atom. The van der Waals surface area contributed by atoms with E-state index in [0.717, 1.165) is 12.0 Å². The maximum Gasteiger partial charge on any atom is 0.409 e. The van der Waals surface area contributed by atoms with Crippen LogP contribution >= 0.6 is 11.6 Å². The number of amides is 3. The normalized spacial score (nSPS) is 16.9. The molecule has 1 unspecified atom stereocenters. The van der Waals surface area contributed by atoms with Crippen LogP contribution in [0.2, 0.25) is 5.02 Å². The number of carbonyl (C=O) groups excluding carboxylic acids is 3. The van der Waals surface area contributed by atoms with Gasteiger partial charge in [0.15, 0.2) is 0 Å². The van der Waals surface area contributed by atoms with Gasteiger partial charge in [-0.3, -0.25) is 20.4 Å². The zero-order valence-electron chi connectivity index (χ0n) is 14.1. The molecule has 7 nitrogen and oxygen atoms in total. The lowest BCUT2D eigenvalue weighted by Gasteiger charge is -2.31. The first-order chi connectivity index (χ1) is 12.0. The van der Waals surface area contributed by atoms with E-state index < -0.39 is 6.09 Å². The van der Waals surface area contributed by atoms with Crippen LogP contribution in [0, 0.1) is 5.92 Å². The lowest BCUT2D eigenvalue weighted by molar-refractivity contribution is -0.132. The molecule has 0 radical (unpaired) electrons. The first kappa shape index (κ1) is 19.1. The summed E-state index contributed by atoms with van der Waals surface area (Å²) in [5.41, 5.74) is 5.63. The Kier molecular flexibility index (Phi) is 7.06. The van der Waals surface area contributed by atoms with Crippen molar-refractivity contribution >= 4 is 29.5 Å². The summed E-state index contributed by atoms with van der Waals surface area (Å²) in [4.78, 5) is 37.4. The van der Waals surface area contributed by atoms with Gasteiger partial charge in [-0.25, -0.2) is 4.79 Å². The molecule has 2 N–H and O–H groups in total. The minimum atomic E-state index is -0.410. The highest BCUT2D eigenvalue weighted by Gasteiger charge is 2.29. The molecule has 1 aliphatic heterocycles. The molecule has 1 heterocycles. The Morgan fingerprint density at radius 3 is 2.64 bits per heavy atom. The number of ether oxygens (including phenoxy) is 1. The lowest BCUT2D eigenvalue weighted by Crippen LogP contribution is -2.50. The molecule has 0 saturated carbocycles. The third-order valence-corrected chi connectivity index (χ3v) is 4.17. The van der Waals surface area contributed by atoms with E-state index in [1.54, 1.807) is 31.2 Å². The zero-order valence-corrected chi connectivity index (χ0v) is 14.8. The number of nitrogens with one attached hydrogen (secondary N) is 2. The van der Waals surface area contributed by atoms with Crippen molar-refractivity contribution in [1.29, 1.82) is 0 Å². The molecule has 0 aliphatic carbocycles. The summed E-state index contributed by atoms with van der Waals surface area (Å²) in [6.07, 6.45) is 1.10. The van der Waals surface area contributed by atoms with E-state index in [1.807, 2.05) is 0 Å². The van der Waals surface area contributed by atoms with Crippen LogP contribution in [-0.4, -0.2) is 42.5 Å². The van der Waals surface area contributed by atoms with Gasteiger partial charge in [0.05, 0.1) is 18.9 Å². The van der Waals surface area contributed by atoms with Gasteiger partial charge in [-0.05, 0) is 37.5 Å². The summed E-state index contributed by atoms with van der Waals surface area (Å²) >= 11 is 5.80. The topological polar surface area (TPSA) is 87.7 Å². The number of hydrogen-bond donors (Lipinski definition) is 2. The molecule has 136 valence electrons. The number of rotatable bonds is 4. The molecule has 3 amide bonds. The van der Waals surface area contributed by atoms with Crippen LogP contribution in [0.4, 0.5) is 4.79 Å². The summed E-state index contributed by atoms with van der Waals surface area (Å²) in [5.74, 6) is -0.999. The van der Waals surface area contributed by atoms with Crippen molar-refractivity contribution in [3.8, 4) is 0 Å². The summed E-state index contributed by atoms with van der Waals surface area (Å²) in [7, 11) is 0. The van der Waals surface area contributed by atoms with Gasteiger partial charge in [0.25, 0.3) is 0 Å². The van der Waals surface area contributed by atoms with E-state index in [9.17, 15) is 14.4 Å². The van der Waals surface area contributed by atoms with E-state index >= 15 is 0 Å². The number of likely N-dealkylation sites (tertiary alicyclic amines) is 1. The zero-order chi connectivity index (χ0) is 18.2. The fourth-order valence-corrected chi connectivity index (χ4v) is 2.76. The van der Waals surface area contributed by atoms with Crippen LogP contribution in [0.15, 0.2) is 24.3 Å². The highest BCUT2D eigenvalue weighted by Crippen LogP contribution is 2.17. The second-order valence-corrected chi connectivity index (χ2v) is 6.26. The first-order valence-electron chi connectivity index (χ1n) is 8.24. The van der Waals surface area contributed by atoms with Crippen molar-refractivity contribution < 1.29 is 19.1 Å². The number of hydrogen-bond acceptors (Lipinski definition) is 4. The molecule has 1 aliphatic rings. The SMILES string of the molecule is CCOC(=O)N1CCCC(C(=O)NNC(=O)Cc2ccc(Cl)cc2)C1. The second-order valence-electron chi connectivity index (χ2n) is 5.82. The molecule has 2 rings (SSSR count). The smallest absolute Gasteiger partial charge is 0.409 e. The number of benzene rings is 1. The Morgan fingerprint density at radius 1 is 1.24 bits per heavy atom. The van der Waals surface area contributed by atoms with E-state index in [1.165, 1.54) is 4.90 Å². The van der Waals surface area contributed by atoms with Gasteiger partial charge in [0.1, 0.15) is 0 Å². The number of hydrazine groups is 1. The van der Waals surface area contributed by atoms with Gasteiger partial charge in [0.2, 0.25) is 11.8 Å². The maximum atomic E-state index is 12.2. The fraction of sp³-hybridized carbons (Fsp3) is 0.471. The highest BCUT2D eigenvalue weighted by molar-refractivity contribution is 6.30. The number of carbonyl (C=O) groups is 3. The molecule has 1 saturated heterocycles. The molecule has 1 atom stereocenters. The van der Waals surface area contributed by atoms with Crippen molar-refractivity contribution in [1.82, 2.24) is 15.8 Å². The van der Waals surface area contributed by atoms with Gasteiger partial charge in [-0.15, -0.1) is 0 Å². The van der Waals surface area contributed by atoms with Crippen LogP contribution in [0.5, 0.6) is 0 Å². The molecule has 1 aromatic carbocycles. The van der Waals surface area contributed by atoms with Crippen molar-refractivity contribution in [3.63, 3.8) is 0 Å². The van der Waals surface area contributed by atoms with Crippen molar-refractivity contribution in [2.75, 3.05) is 19.7 Å². The van der Waals surface area contributed by atoms with Crippen LogP contribution < -0.4 is 10.9 Å². The van der Waals surface area contributed by atoms with E-state index in [-0.39, 0.29) is 30.7 Å². The predicted octanol–water partition coefficient (Wildman–Crippen LogP) is 1.90. The highest BCUT2D eigenvalue weighted by atomic mass is 35.5. The maximum absolute atomic E-state index is 12.2. The van der Waals surface area contributed by atoms with Crippen LogP contribution in [0.25, 0.3) is 0 Å². The van der Waals surface area contributed by atoms with E-state index in [2.05, 4.69) is 10.9 Å². The van der Waals surface area contributed by atoms with Gasteiger partial charge in [0, 0.05) is 18.1 Å². The molecular weight excluding hydrogens is 346 g/mol. The van der Waals surface area contributed by atoms with Crippen LogP contribution in [-0.2, 0) is 20.7 Å². The average Bonchev–Trinajstić information content (AvgIpc) is 2.62. The van der Waals surface area contributed by atoms with Crippen molar-refractivity contribution in [2.24, 2.45) is 5.92 Å². The third-order valence-electron chi connectivity index (χ3n) is 3.92. The van der Waals surface area contributed by atoms with Gasteiger partial charge in [-0.2, -0.15) is 0 Å². The molecule has 1 aromatic rings. The summed E-state index contributed by atoms with van der Waals surface area (Å²) in [5, 5.41) is 0.598. The molecular formula is C17H22ClN3O4. The summed E-state index contributed by atoms with van der Waals surface area (Å²) in [6, 6.07) is 6.91. The monoisotopic (exact) mass is 367 g/mol. The third kappa shape index (κ3) is 5.94. The van der Waals surface area contributed by atoms with E-state index in [0.29, 0.717) is 24.6 Å². The minimum Gasteiger partial charge on any atom is -0.450 e. The van der Waals surface area contributed by atoms with E-state index in [4.69, 9.17) is 16.3 Å². The molecule has 0 spiro atoms. The number of nitrogens with zero attached hydrogens (tertiary/aromatic N) is 1. The summed E-state index contributed by atoms with van der Waals surface area (Å²) in [6.45, 7) is 2.90. The fourth-order valence-electron chi connectivity index (χ4n) is 2.64. The summed E-state index contributed by atoms with van der Waals surface area (Å²) < 4.78 is 4.96. The first-order valence-corrected chi connectivity index (χ1v) is 8.62. The Hall–Kier alpha value is -2.28. The lowest BCUT2D eigenvalue weighted by atomic mass is 9.98. The average molecular weight is 368 g/mol. The van der Waals surface area contributed by atoms with Crippen LogP contribution in [0.1, 0.15) is 25.3 Å².